The number of para-hydroxylation sites is 1. The minimum Gasteiger partial charge on any atom is -0.361 e. The van der Waals surface area contributed by atoms with Crippen LogP contribution in [0.25, 0.3) is 10.9 Å². The maximum absolute atomic E-state index is 12.5. The number of nitrogens with one attached hydrogen (secondary N) is 2. The Bertz CT molecular complexity index is 965. The van der Waals surface area contributed by atoms with E-state index in [0.29, 0.717) is 23.8 Å². The topological polar surface area (TPSA) is 62.0 Å². The van der Waals surface area contributed by atoms with Crippen LogP contribution in [0.3, 0.4) is 0 Å². The predicted octanol–water partition coefficient (Wildman–Crippen LogP) is 4.58. The molecule has 0 radical (unpaired) electrons. The number of hydrogen-bond donors (Lipinski definition) is 2. The number of alkyl halides is 1. The Morgan fingerprint density at radius 2 is 1.85 bits per heavy atom. The molecular formula is C20H23BrN2O2S. The highest BCUT2D eigenvalue weighted by Crippen LogP contribution is 2.22. The summed E-state index contributed by atoms with van der Waals surface area (Å²) in [6, 6.07) is 15.2. The highest BCUT2D eigenvalue weighted by molar-refractivity contribution is 9.09. The van der Waals surface area contributed by atoms with Gasteiger partial charge in [-0.05, 0) is 48.1 Å². The number of H-pyrrole nitrogens is 1. The van der Waals surface area contributed by atoms with Gasteiger partial charge in [-0.25, -0.2) is 13.1 Å². The maximum Gasteiger partial charge on any atom is 0.240 e. The van der Waals surface area contributed by atoms with Gasteiger partial charge < -0.3 is 4.98 Å². The average Bonchev–Trinajstić information content (AvgIpc) is 3.05. The van der Waals surface area contributed by atoms with E-state index in [2.05, 4.69) is 32.6 Å². The van der Waals surface area contributed by atoms with Gasteiger partial charge >= 0.3 is 0 Å². The van der Waals surface area contributed by atoms with Crippen LogP contribution in [0.1, 0.15) is 30.4 Å². The first-order valence-corrected chi connectivity index (χ1v) is 11.3. The van der Waals surface area contributed by atoms with E-state index in [-0.39, 0.29) is 0 Å². The second-order valence-corrected chi connectivity index (χ2v) is 9.01. The van der Waals surface area contributed by atoms with Gasteiger partial charge in [0, 0.05) is 29.0 Å². The Morgan fingerprint density at radius 3 is 2.58 bits per heavy atom. The molecular weight excluding hydrogens is 412 g/mol. The maximum atomic E-state index is 12.5. The van der Waals surface area contributed by atoms with Crippen LogP contribution in [-0.2, 0) is 16.4 Å². The number of rotatable bonds is 8. The SMILES string of the molecule is CC(CCBr)c1ccc(S(=O)(=O)NCCc2c[nH]c3ccccc23)cc1. The van der Waals surface area contributed by atoms with Crippen molar-refractivity contribution in [1.29, 1.82) is 0 Å². The van der Waals surface area contributed by atoms with Crippen molar-refractivity contribution in [3.05, 3.63) is 65.9 Å². The summed E-state index contributed by atoms with van der Waals surface area (Å²) in [5, 5.41) is 2.07. The lowest BCUT2D eigenvalue weighted by molar-refractivity contribution is 0.581. The number of aromatic amines is 1. The molecule has 0 fully saturated rings. The largest absolute Gasteiger partial charge is 0.361 e. The molecule has 4 nitrogen and oxygen atoms in total. The molecule has 1 unspecified atom stereocenters. The van der Waals surface area contributed by atoms with Gasteiger partial charge in [0.25, 0.3) is 0 Å². The highest BCUT2D eigenvalue weighted by Gasteiger charge is 2.14. The molecule has 0 saturated heterocycles. The lowest BCUT2D eigenvalue weighted by atomic mass is 9.99. The molecule has 0 aliphatic carbocycles. The summed E-state index contributed by atoms with van der Waals surface area (Å²) < 4.78 is 27.7. The van der Waals surface area contributed by atoms with Crippen molar-refractivity contribution in [2.24, 2.45) is 0 Å². The standard InChI is InChI=1S/C20H23BrN2O2S/c1-15(10-12-21)16-6-8-18(9-7-16)26(24,25)23-13-11-17-14-22-20-5-3-2-4-19(17)20/h2-9,14-15,22-23H,10-13H2,1H3. The van der Waals surface area contributed by atoms with Crippen LogP contribution >= 0.6 is 15.9 Å². The third-order valence-corrected chi connectivity index (χ3v) is 6.60. The molecule has 0 saturated carbocycles. The van der Waals surface area contributed by atoms with E-state index < -0.39 is 10.0 Å². The number of sulfonamides is 1. The van der Waals surface area contributed by atoms with Gasteiger partial charge in [-0.1, -0.05) is 53.2 Å². The Labute approximate surface area is 163 Å². The van der Waals surface area contributed by atoms with Crippen LogP contribution in [0.15, 0.2) is 59.6 Å². The van der Waals surface area contributed by atoms with Gasteiger partial charge in [-0.15, -0.1) is 0 Å². The molecule has 3 rings (SSSR count). The molecule has 0 aliphatic rings. The number of aromatic nitrogens is 1. The van der Waals surface area contributed by atoms with Crippen LogP contribution in [0, 0.1) is 0 Å². The lowest BCUT2D eigenvalue weighted by Gasteiger charge is -2.11. The fraction of sp³-hybridized carbons (Fsp3) is 0.300. The van der Waals surface area contributed by atoms with Crippen molar-refractivity contribution in [1.82, 2.24) is 9.71 Å². The lowest BCUT2D eigenvalue weighted by Crippen LogP contribution is -2.26. The first kappa shape index (κ1) is 19.1. The smallest absolute Gasteiger partial charge is 0.240 e. The van der Waals surface area contributed by atoms with E-state index in [1.54, 1.807) is 12.1 Å². The summed E-state index contributed by atoms with van der Waals surface area (Å²) in [4.78, 5) is 3.53. The fourth-order valence-electron chi connectivity index (χ4n) is 3.05. The predicted molar refractivity (Wildman–Crippen MR) is 110 cm³/mol. The molecule has 3 aromatic rings. The third-order valence-electron chi connectivity index (χ3n) is 4.66. The molecule has 0 spiro atoms. The van der Waals surface area contributed by atoms with E-state index >= 15 is 0 Å². The molecule has 1 heterocycles. The zero-order chi connectivity index (χ0) is 18.6. The molecule has 138 valence electrons. The second kappa shape index (κ2) is 8.37. The number of fused-ring (bicyclic) bond motifs is 1. The summed E-state index contributed by atoms with van der Waals surface area (Å²) in [5.41, 5.74) is 3.34. The molecule has 2 N–H and O–H groups in total. The highest BCUT2D eigenvalue weighted by atomic mass is 79.9. The van der Waals surface area contributed by atoms with Crippen molar-refractivity contribution in [3.8, 4) is 0 Å². The van der Waals surface area contributed by atoms with Crippen LogP contribution in [0.4, 0.5) is 0 Å². The molecule has 1 atom stereocenters. The van der Waals surface area contributed by atoms with E-state index in [1.165, 1.54) is 0 Å². The van der Waals surface area contributed by atoms with Crippen molar-refractivity contribution in [2.75, 3.05) is 11.9 Å². The molecule has 2 aromatic carbocycles. The number of benzene rings is 2. The minimum atomic E-state index is -3.49. The zero-order valence-electron chi connectivity index (χ0n) is 14.7. The van der Waals surface area contributed by atoms with Crippen molar-refractivity contribution in [2.45, 2.75) is 30.6 Å². The Kier molecular flexibility index (Phi) is 6.16. The Hall–Kier alpha value is -1.63. The third kappa shape index (κ3) is 4.37. The minimum absolute atomic E-state index is 0.311. The quantitative estimate of drug-likeness (QED) is 0.509. The first-order valence-electron chi connectivity index (χ1n) is 8.72. The van der Waals surface area contributed by atoms with Gasteiger partial charge in [0.2, 0.25) is 10.0 Å². The summed E-state index contributed by atoms with van der Waals surface area (Å²) >= 11 is 3.45. The fourth-order valence-corrected chi connectivity index (χ4v) is 4.77. The normalized spacial score (nSPS) is 13.2. The van der Waals surface area contributed by atoms with Crippen LogP contribution in [0.2, 0.25) is 0 Å². The van der Waals surface area contributed by atoms with E-state index in [4.69, 9.17) is 0 Å². The summed E-state index contributed by atoms with van der Waals surface area (Å²) in [7, 11) is -3.49. The van der Waals surface area contributed by atoms with Crippen molar-refractivity contribution >= 4 is 36.9 Å². The molecule has 6 heteroatoms. The Morgan fingerprint density at radius 1 is 1.12 bits per heavy atom. The zero-order valence-corrected chi connectivity index (χ0v) is 17.1. The van der Waals surface area contributed by atoms with Gasteiger partial charge in [0.05, 0.1) is 4.90 Å². The first-order chi connectivity index (χ1) is 12.5. The molecule has 0 amide bonds. The van der Waals surface area contributed by atoms with Gasteiger partial charge in [0.15, 0.2) is 0 Å². The number of hydrogen-bond acceptors (Lipinski definition) is 2. The van der Waals surface area contributed by atoms with Gasteiger partial charge in [-0.3, -0.25) is 0 Å². The van der Waals surface area contributed by atoms with E-state index in [9.17, 15) is 8.42 Å². The summed E-state index contributed by atoms with van der Waals surface area (Å²) in [5.74, 6) is 0.404. The van der Waals surface area contributed by atoms with E-state index in [0.717, 1.165) is 33.8 Å². The molecule has 1 aromatic heterocycles. The molecule has 0 bridgehead atoms. The monoisotopic (exact) mass is 434 g/mol. The van der Waals surface area contributed by atoms with Crippen LogP contribution < -0.4 is 4.72 Å². The van der Waals surface area contributed by atoms with Crippen molar-refractivity contribution < 1.29 is 8.42 Å². The second-order valence-electron chi connectivity index (χ2n) is 6.46. The van der Waals surface area contributed by atoms with Gasteiger partial charge in [0.1, 0.15) is 0 Å². The summed E-state index contributed by atoms with van der Waals surface area (Å²) in [6.45, 7) is 2.51. The molecule has 26 heavy (non-hydrogen) atoms. The Balaban J connectivity index is 1.63. The van der Waals surface area contributed by atoms with Crippen LogP contribution in [0.5, 0.6) is 0 Å². The average molecular weight is 435 g/mol. The van der Waals surface area contributed by atoms with Gasteiger partial charge in [-0.2, -0.15) is 0 Å². The molecule has 0 aliphatic heterocycles. The van der Waals surface area contributed by atoms with Crippen LogP contribution in [-0.4, -0.2) is 25.3 Å². The van der Waals surface area contributed by atoms with Crippen molar-refractivity contribution in [3.63, 3.8) is 0 Å². The van der Waals surface area contributed by atoms with E-state index in [1.807, 2.05) is 42.6 Å². The summed E-state index contributed by atoms with van der Waals surface area (Å²) in [6.07, 6.45) is 3.61. The number of halogens is 1.